The van der Waals surface area contributed by atoms with Gasteiger partial charge in [0, 0.05) is 43.6 Å². The van der Waals surface area contributed by atoms with Gasteiger partial charge in [-0.05, 0) is 42.5 Å². The molecular formula is C17H18N4. The van der Waals surface area contributed by atoms with Crippen molar-refractivity contribution in [2.75, 3.05) is 24.3 Å². The van der Waals surface area contributed by atoms with Gasteiger partial charge in [-0.25, -0.2) is 4.68 Å². The van der Waals surface area contributed by atoms with Gasteiger partial charge < -0.3 is 10.2 Å². The van der Waals surface area contributed by atoms with Crippen LogP contribution in [-0.2, 0) is 0 Å². The average molecular weight is 278 g/mol. The van der Waals surface area contributed by atoms with Crippen LogP contribution in [0.2, 0.25) is 0 Å². The SMILES string of the molecule is CN(C)c1cccc(Nc2cccc(-n3cccn3)c2)c1. The van der Waals surface area contributed by atoms with E-state index in [0.29, 0.717) is 0 Å². The van der Waals surface area contributed by atoms with Crippen LogP contribution in [0.5, 0.6) is 0 Å². The van der Waals surface area contributed by atoms with Crippen molar-refractivity contribution in [3.63, 3.8) is 0 Å². The van der Waals surface area contributed by atoms with Crippen LogP contribution < -0.4 is 10.2 Å². The topological polar surface area (TPSA) is 33.1 Å². The van der Waals surface area contributed by atoms with Crippen molar-refractivity contribution in [1.29, 1.82) is 0 Å². The number of rotatable bonds is 4. The molecule has 0 unspecified atom stereocenters. The Bertz CT molecular complexity index is 717. The van der Waals surface area contributed by atoms with Crippen molar-refractivity contribution in [2.24, 2.45) is 0 Å². The van der Waals surface area contributed by atoms with E-state index < -0.39 is 0 Å². The minimum atomic E-state index is 1.04. The van der Waals surface area contributed by atoms with Gasteiger partial charge in [0.05, 0.1) is 5.69 Å². The largest absolute Gasteiger partial charge is 0.378 e. The minimum absolute atomic E-state index is 1.04. The molecule has 106 valence electrons. The first-order valence-corrected chi connectivity index (χ1v) is 6.87. The number of benzene rings is 2. The van der Waals surface area contributed by atoms with E-state index in [1.165, 1.54) is 5.69 Å². The summed E-state index contributed by atoms with van der Waals surface area (Å²) in [6, 6.07) is 18.4. The average Bonchev–Trinajstić information content (AvgIpc) is 3.02. The zero-order chi connectivity index (χ0) is 14.7. The first kappa shape index (κ1) is 13.2. The summed E-state index contributed by atoms with van der Waals surface area (Å²) in [6.07, 6.45) is 3.71. The Labute approximate surface area is 124 Å². The third kappa shape index (κ3) is 3.05. The summed E-state index contributed by atoms with van der Waals surface area (Å²) in [7, 11) is 4.08. The molecule has 3 aromatic rings. The Hall–Kier alpha value is -2.75. The van der Waals surface area contributed by atoms with E-state index in [1.807, 2.05) is 43.2 Å². The molecule has 0 bridgehead atoms. The van der Waals surface area contributed by atoms with Crippen molar-refractivity contribution in [3.8, 4) is 5.69 Å². The lowest BCUT2D eigenvalue weighted by atomic mass is 10.2. The van der Waals surface area contributed by atoms with Crippen molar-refractivity contribution in [1.82, 2.24) is 9.78 Å². The molecule has 0 radical (unpaired) electrons. The minimum Gasteiger partial charge on any atom is -0.378 e. The molecule has 0 aliphatic rings. The van der Waals surface area contributed by atoms with Crippen molar-refractivity contribution in [2.45, 2.75) is 0 Å². The fourth-order valence-electron chi connectivity index (χ4n) is 2.18. The molecule has 1 heterocycles. The Morgan fingerprint density at radius 3 is 2.43 bits per heavy atom. The Balaban J connectivity index is 1.85. The Morgan fingerprint density at radius 2 is 1.71 bits per heavy atom. The highest BCUT2D eigenvalue weighted by Gasteiger charge is 2.01. The molecule has 0 atom stereocenters. The number of nitrogens with one attached hydrogen (secondary N) is 1. The zero-order valence-electron chi connectivity index (χ0n) is 12.2. The van der Waals surface area contributed by atoms with E-state index in [0.717, 1.165) is 17.1 Å². The molecule has 0 aliphatic carbocycles. The van der Waals surface area contributed by atoms with E-state index in [9.17, 15) is 0 Å². The molecule has 0 spiro atoms. The zero-order valence-corrected chi connectivity index (χ0v) is 12.2. The smallest absolute Gasteiger partial charge is 0.0666 e. The van der Waals surface area contributed by atoms with Crippen LogP contribution in [-0.4, -0.2) is 23.9 Å². The molecule has 2 aromatic carbocycles. The molecule has 4 nitrogen and oxygen atoms in total. The van der Waals surface area contributed by atoms with Gasteiger partial charge >= 0.3 is 0 Å². The van der Waals surface area contributed by atoms with Crippen molar-refractivity contribution >= 4 is 17.1 Å². The predicted molar refractivity (Wildman–Crippen MR) is 87.6 cm³/mol. The summed E-state index contributed by atoms with van der Waals surface area (Å²) in [5.41, 5.74) is 4.31. The fourth-order valence-corrected chi connectivity index (χ4v) is 2.18. The van der Waals surface area contributed by atoms with Gasteiger partial charge in [-0.1, -0.05) is 12.1 Å². The first-order valence-electron chi connectivity index (χ1n) is 6.87. The van der Waals surface area contributed by atoms with E-state index in [1.54, 1.807) is 6.20 Å². The molecule has 0 saturated heterocycles. The van der Waals surface area contributed by atoms with Crippen LogP contribution in [0.4, 0.5) is 17.1 Å². The molecule has 1 aromatic heterocycles. The summed E-state index contributed by atoms with van der Waals surface area (Å²) in [4.78, 5) is 2.09. The van der Waals surface area contributed by atoms with Gasteiger partial charge in [-0.3, -0.25) is 0 Å². The van der Waals surface area contributed by atoms with Gasteiger partial charge in [0.15, 0.2) is 0 Å². The fraction of sp³-hybridized carbons (Fsp3) is 0.118. The Kier molecular flexibility index (Phi) is 3.60. The standard InChI is InChI=1S/C17H18N4/c1-20(2)16-8-3-6-14(12-16)19-15-7-4-9-17(13-15)21-11-5-10-18-21/h3-13,19H,1-2H3. The third-order valence-corrected chi connectivity index (χ3v) is 3.27. The van der Waals surface area contributed by atoms with Gasteiger partial charge in [-0.2, -0.15) is 5.10 Å². The first-order chi connectivity index (χ1) is 10.2. The lowest BCUT2D eigenvalue weighted by Crippen LogP contribution is -2.08. The monoisotopic (exact) mass is 278 g/mol. The lowest BCUT2D eigenvalue weighted by Gasteiger charge is -2.14. The molecular weight excluding hydrogens is 260 g/mol. The summed E-state index contributed by atoms with van der Waals surface area (Å²) in [6.45, 7) is 0. The molecule has 0 fully saturated rings. The summed E-state index contributed by atoms with van der Waals surface area (Å²) < 4.78 is 1.85. The molecule has 0 aliphatic heterocycles. The van der Waals surface area contributed by atoms with Gasteiger partial charge in [-0.15, -0.1) is 0 Å². The van der Waals surface area contributed by atoms with Gasteiger partial charge in [0.2, 0.25) is 0 Å². The summed E-state index contributed by atoms with van der Waals surface area (Å²) >= 11 is 0. The van der Waals surface area contributed by atoms with Crippen molar-refractivity contribution < 1.29 is 0 Å². The second-order valence-corrected chi connectivity index (χ2v) is 5.07. The third-order valence-electron chi connectivity index (χ3n) is 3.27. The van der Waals surface area contributed by atoms with E-state index in [-0.39, 0.29) is 0 Å². The molecule has 0 saturated carbocycles. The number of anilines is 3. The predicted octanol–water partition coefficient (Wildman–Crippen LogP) is 3.68. The number of nitrogens with zero attached hydrogens (tertiary/aromatic N) is 3. The highest BCUT2D eigenvalue weighted by Crippen LogP contribution is 2.22. The van der Waals surface area contributed by atoms with Crippen molar-refractivity contribution in [3.05, 3.63) is 67.0 Å². The van der Waals surface area contributed by atoms with E-state index in [2.05, 4.69) is 51.7 Å². The Morgan fingerprint density at radius 1 is 0.952 bits per heavy atom. The maximum Gasteiger partial charge on any atom is 0.0666 e. The number of aromatic nitrogens is 2. The molecule has 3 rings (SSSR count). The molecule has 21 heavy (non-hydrogen) atoms. The van der Waals surface area contributed by atoms with Crippen LogP contribution in [0.15, 0.2) is 67.0 Å². The van der Waals surface area contributed by atoms with Crippen LogP contribution in [0.3, 0.4) is 0 Å². The van der Waals surface area contributed by atoms with Crippen LogP contribution in [0, 0.1) is 0 Å². The highest BCUT2D eigenvalue weighted by molar-refractivity contribution is 5.66. The second kappa shape index (κ2) is 5.71. The summed E-state index contributed by atoms with van der Waals surface area (Å²) in [5, 5.41) is 7.69. The van der Waals surface area contributed by atoms with Crippen LogP contribution >= 0.6 is 0 Å². The van der Waals surface area contributed by atoms with E-state index in [4.69, 9.17) is 0 Å². The lowest BCUT2D eigenvalue weighted by molar-refractivity contribution is 0.881. The molecule has 4 heteroatoms. The maximum absolute atomic E-state index is 4.25. The quantitative estimate of drug-likeness (QED) is 0.790. The summed E-state index contributed by atoms with van der Waals surface area (Å²) in [5.74, 6) is 0. The highest BCUT2D eigenvalue weighted by atomic mass is 15.3. The van der Waals surface area contributed by atoms with Gasteiger partial charge in [0.25, 0.3) is 0 Å². The van der Waals surface area contributed by atoms with Gasteiger partial charge in [0.1, 0.15) is 0 Å². The van der Waals surface area contributed by atoms with Crippen LogP contribution in [0.1, 0.15) is 0 Å². The number of hydrogen-bond donors (Lipinski definition) is 1. The second-order valence-electron chi connectivity index (χ2n) is 5.07. The maximum atomic E-state index is 4.25. The number of hydrogen-bond acceptors (Lipinski definition) is 3. The van der Waals surface area contributed by atoms with Crippen LogP contribution in [0.25, 0.3) is 5.69 Å². The van der Waals surface area contributed by atoms with E-state index >= 15 is 0 Å². The molecule has 1 N–H and O–H groups in total. The molecule has 0 amide bonds. The normalized spacial score (nSPS) is 10.4.